The molecule has 1 heterocycles. The van der Waals surface area contributed by atoms with Gasteiger partial charge in [-0.15, -0.1) is 0 Å². The molecule has 1 aliphatic heterocycles. The minimum absolute atomic E-state index is 0.150. The van der Waals surface area contributed by atoms with Gasteiger partial charge in [0.05, 0.1) is 20.3 Å². The number of nitrogens with zero attached hydrogens (tertiary/aromatic N) is 1. The SMILES string of the molecule is COc1cc2c(cc1OC)[C@H](c1cccc(Cl)c1)N([C@@H]1CCc3ccccc3C1)CC2. The Balaban J connectivity index is 1.59. The van der Waals surface area contributed by atoms with Crippen LogP contribution in [-0.2, 0) is 19.3 Å². The van der Waals surface area contributed by atoms with E-state index in [1.54, 1.807) is 14.2 Å². The van der Waals surface area contributed by atoms with E-state index in [-0.39, 0.29) is 6.04 Å². The molecule has 0 saturated heterocycles. The van der Waals surface area contributed by atoms with Crippen LogP contribution >= 0.6 is 11.6 Å². The van der Waals surface area contributed by atoms with Gasteiger partial charge in [-0.25, -0.2) is 0 Å². The Hall–Kier alpha value is -2.49. The second-order valence-electron chi connectivity index (χ2n) is 8.52. The second kappa shape index (κ2) is 8.57. The molecule has 1 aliphatic carbocycles. The summed E-state index contributed by atoms with van der Waals surface area (Å²) in [6.07, 6.45) is 4.41. The van der Waals surface area contributed by atoms with Crippen molar-refractivity contribution in [2.45, 2.75) is 37.8 Å². The number of hydrogen-bond acceptors (Lipinski definition) is 3. The average Bonchev–Trinajstić information content (AvgIpc) is 2.82. The number of methoxy groups -OCH3 is 2. The number of rotatable bonds is 4. The number of hydrogen-bond donors (Lipinski definition) is 0. The topological polar surface area (TPSA) is 21.7 Å². The smallest absolute Gasteiger partial charge is 0.161 e. The van der Waals surface area contributed by atoms with Crippen LogP contribution in [0.3, 0.4) is 0 Å². The molecule has 31 heavy (non-hydrogen) atoms. The first kappa shape index (κ1) is 20.4. The molecule has 3 aromatic carbocycles. The molecule has 0 fully saturated rings. The van der Waals surface area contributed by atoms with Crippen molar-refractivity contribution in [3.8, 4) is 11.5 Å². The van der Waals surface area contributed by atoms with Crippen LogP contribution in [0.4, 0.5) is 0 Å². The molecule has 160 valence electrons. The summed E-state index contributed by atoms with van der Waals surface area (Å²) >= 11 is 6.43. The van der Waals surface area contributed by atoms with Crippen molar-refractivity contribution < 1.29 is 9.47 Å². The fourth-order valence-corrected chi connectivity index (χ4v) is 5.57. The van der Waals surface area contributed by atoms with E-state index in [0.717, 1.165) is 42.3 Å². The third-order valence-corrected chi connectivity index (χ3v) is 7.10. The Morgan fingerprint density at radius 3 is 2.39 bits per heavy atom. The van der Waals surface area contributed by atoms with Gasteiger partial charge in [0.25, 0.3) is 0 Å². The monoisotopic (exact) mass is 433 g/mol. The first-order valence-corrected chi connectivity index (χ1v) is 11.4. The number of benzene rings is 3. The minimum atomic E-state index is 0.150. The standard InChI is InChI=1S/C27H28ClNO2/c1-30-25-16-20-12-13-29(23-11-10-18-6-3-4-7-19(18)15-23)27(24(20)17-26(25)31-2)21-8-5-9-22(28)14-21/h3-9,14,16-17,23,27H,10-13,15H2,1-2H3/t23-,27+/m1/s1. The van der Waals surface area contributed by atoms with Crippen molar-refractivity contribution in [1.29, 1.82) is 0 Å². The van der Waals surface area contributed by atoms with E-state index in [1.807, 2.05) is 6.07 Å². The summed E-state index contributed by atoms with van der Waals surface area (Å²) in [7, 11) is 3.41. The van der Waals surface area contributed by atoms with Crippen LogP contribution in [0.1, 0.15) is 40.3 Å². The minimum Gasteiger partial charge on any atom is -0.493 e. The van der Waals surface area contributed by atoms with Crippen molar-refractivity contribution in [3.63, 3.8) is 0 Å². The fraction of sp³-hybridized carbons (Fsp3) is 0.333. The zero-order valence-corrected chi connectivity index (χ0v) is 18.9. The average molecular weight is 434 g/mol. The zero-order valence-electron chi connectivity index (χ0n) is 18.1. The highest BCUT2D eigenvalue weighted by Gasteiger charge is 2.36. The first-order valence-electron chi connectivity index (χ1n) is 11.0. The first-order chi connectivity index (χ1) is 15.2. The maximum atomic E-state index is 6.43. The Bertz CT molecular complexity index is 1100. The van der Waals surface area contributed by atoms with E-state index < -0.39 is 0 Å². The van der Waals surface area contributed by atoms with Gasteiger partial charge < -0.3 is 9.47 Å². The van der Waals surface area contributed by atoms with Crippen molar-refractivity contribution in [2.24, 2.45) is 0 Å². The van der Waals surface area contributed by atoms with Crippen LogP contribution in [0, 0.1) is 0 Å². The highest BCUT2D eigenvalue weighted by Crippen LogP contribution is 2.43. The molecule has 5 rings (SSSR count). The van der Waals surface area contributed by atoms with Gasteiger partial charge in [0.15, 0.2) is 11.5 Å². The molecule has 0 spiro atoms. The lowest BCUT2D eigenvalue weighted by Gasteiger charge is -2.44. The van der Waals surface area contributed by atoms with Gasteiger partial charge in [-0.3, -0.25) is 4.90 Å². The summed E-state index contributed by atoms with van der Waals surface area (Å²) < 4.78 is 11.3. The van der Waals surface area contributed by atoms with Crippen molar-refractivity contribution in [3.05, 3.63) is 93.5 Å². The Morgan fingerprint density at radius 1 is 0.839 bits per heavy atom. The van der Waals surface area contributed by atoms with Gasteiger partial charge in [0, 0.05) is 17.6 Å². The normalized spacial score (nSPS) is 20.6. The fourth-order valence-electron chi connectivity index (χ4n) is 5.37. The van der Waals surface area contributed by atoms with E-state index >= 15 is 0 Å². The van der Waals surface area contributed by atoms with Crippen molar-refractivity contribution in [1.82, 2.24) is 4.90 Å². The maximum Gasteiger partial charge on any atom is 0.161 e. The van der Waals surface area contributed by atoms with E-state index in [9.17, 15) is 0 Å². The van der Waals surface area contributed by atoms with Gasteiger partial charge in [0.1, 0.15) is 0 Å². The highest BCUT2D eigenvalue weighted by molar-refractivity contribution is 6.30. The Morgan fingerprint density at radius 2 is 1.61 bits per heavy atom. The van der Waals surface area contributed by atoms with Crippen LogP contribution in [0.15, 0.2) is 60.7 Å². The van der Waals surface area contributed by atoms with Gasteiger partial charge >= 0.3 is 0 Å². The molecule has 0 amide bonds. The summed E-state index contributed by atoms with van der Waals surface area (Å²) in [6.45, 7) is 1.02. The molecule has 0 N–H and O–H groups in total. The molecule has 0 unspecified atom stereocenters. The van der Waals surface area contributed by atoms with Crippen LogP contribution in [0.2, 0.25) is 5.02 Å². The lowest BCUT2D eigenvalue weighted by atomic mass is 9.82. The van der Waals surface area contributed by atoms with Gasteiger partial charge in [0.2, 0.25) is 0 Å². The third kappa shape index (κ3) is 3.81. The number of halogens is 1. The van der Waals surface area contributed by atoms with Crippen LogP contribution in [-0.4, -0.2) is 31.7 Å². The number of fused-ring (bicyclic) bond motifs is 2. The summed E-state index contributed by atoms with van der Waals surface area (Å²) in [5, 5.41) is 0.777. The summed E-state index contributed by atoms with van der Waals surface area (Å²) in [6, 6.07) is 22.2. The largest absolute Gasteiger partial charge is 0.493 e. The molecular weight excluding hydrogens is 406 g/mol. The molecule has 0 radical (unpaired) electrons. The molecule has 0 bridgehead atoms. The summed E-state index contributed by atoms with van der Waals surface area (Å²) in [5.41, 5.74) is 6.85. The number of ether oxygens (including phenoxy) is 2. The molecule has 0 saturated carbocycles. The molecule has 4 heteroatoms. The Kier molecular flexibility index (Phi) is 5.64. The van der Waals surface area contributed by atoms with Gasteiger partial charge in [-0.1, -0.05) is 48.0 Å². The van der Waals surface area contributed by atoms with E-state index in [4.69, 9.17) is 21.1 Å². The van der Waals surface area contributed by atoms with E-state index in [0.29, 0.717) is 6.04 Å². The zero-order chi connectivity index (χ0) is 21.4. The second-order valence-corrected chi connectivity index (χ2v) is 8.95. The van der Waals surface area contributed by atoms with Gasteiger partial charge in [-0.05, 0) is 77.8 Å². The summed E-state index contributed by atoms with van der Waals surface area (Å²) in [4.78, 5) is 2.69. The maximum absolute atomic E-state index is 6.43. The van der Waals surface area contributed by atoms with Crippen LogP contribution < -0.4 is 9.47 Å². The van der Waals surface area contributed by atoms with E-state index in [1.165, 1.54) is 34.2 Å². The molecule has 0 aromatic heterocycles. The lowest BCUT2D eigenvalue weighted by Crippen LogP contribution is -2.45. The molecule has 2 aliphatic rings. The predicted molar refractivity (Wildman–Crippen MR) is 126 cm³/mol. The summed E-state index contributed by atoms with van der Waals surface area (Å²) in [5.74, 6) is 1.58. The highest BCUT2D eigenvalue weighted by atomic mass is 35.5. The van der Waals surface area contributed by atoms with Gasteiger partial charge in [-0.2, -0.15) is 0 Å². The quantitative estimate of drug-likeness (QED) is 0.514. The van der Waals surface area contributed by atoms with Crippen LogP contribution in [0.25, 0.3) is 0 Å². The van der Waals surface area contributed by atoms with E-state index in [2.05, 4.69) is 59.5 Å². The molecule has 2 atom stereocenters. The third-order valence-electron chi connectivity index (χ3n) is 6.87. The Labute approximate surface area is 189 Å². The van der Waals surface area contributed by atoms with Crippen molar-refractivity contribution in [2.75, 3.05) is 20.8 Å². The predicted octanol–water partition coefficient (Wildman–Crippen LogP) is 5.86. The van der Waals surface area contributed by atoms with Crippen molar-refractivity contribution >= 4 is 11.6 Å². The van der Waals surface area contributed by atoms with Crippen LogP contribution in [0.5, 0.6) is 11.5 Å². The lowest BCUT2D eigenvalue weighted by molar-refractivity contribution is 0.132. The molecule has 3 nitrogen and oxygen atoms in total. The molecular formula is C27H28ClNO2. The molecule has 3 aromatic rings. The number of aryl methyl sites for hydroxylation is 1.